The molecule has 6 nitrogen and oxygen atoms in total. The summed E-state index contributed by atoms with van der Waals surface area (Å²) in [5.74, 6) is 2.89. The molecule has 1 fully saturated rings. The Morgan fingerprint density at radius 1 is 1.19 bits per heavy atom. The first-order valence-corrected chi connectivity index (χ1v) is 9.32. The molecule has 0 N–H and O–H groups in total. The van der Waals surface area contributed by atoms with Crippen molar-refractivity contribution in [3.05, 3.63) is 65.8 Å². The van der Waals surface area contributed by atoms with Gasteiger partial charge in [-0.1, -0.05) is 49.3 Å². The van der Waals surface area contributed by atoms with Crippen LogP contribution in [0.15, 0.2) is 47.2 Å². The zero-order chi connectivity index (χ0) is 17.9. The summed E-state index contributed by atoms with van der Waals surface area (Å²) in [5, 5.41) is 4.13. The lowest BCUT2D eigenvalue weighted by atomic mass is 10.2. The van der Waals surface area contributed by atoms with Crippen molar-refractivity contribution in [2.45, 2.75) is 51.7 Å². The van der Waals surface area contributed by atoms with Crippen molar-refractivity contribution in [3.8, 4) is 0 Å². The second kappa shape index (κ2) is 7.41. The van der Waals surface area contributed by atoms with Gasteiger partial charge in [-0.05, 0) is 24.9 Å². The highest BCUT2D eigenvalue weighted by Crippen LogP contribution is 2.32. The number of rotatable bonds is 6. The van der Waals surface area contributed by atoms with E-state index in [4.69, 9.17) is 4.52 Å². The van der Waals surface area contributed by atoms with E-state index < -0.39 is 0 Å². The monoisotopic (exact) mass is 351 g/mol. The normalized spacial score (nSPS) is 18.0. The predicted molar refractivity (Wildman–Crippen MR) is 98.5 cm³/mol. The van der Waals surface area contributed by atoms with Crippen LogP contribution in [0.5, 0.6) is 0 Å². The third-order valence-electron chi connectivity index (χ3n) is 4.96. The first-order valence-electron chi connectivity index (χ1n) is 9.32. The Hall–Kier alpha value is -2.47. The molecule has 0 unspecified atom stereocenters. The second-order valence-electron chi connectivity index (χ2n) is 7.23. The van der Waals surface area contributed by atoms with Crippen molar-refractivity contribution in [1.29, 1.82) is 0 Å². The van der Waals surface area contributed by atoms with E-state index in [0.717, 1.165) is 50.0 Å². The molecule has 0 radical (unpaired) electrons. The third-order valence-corrected chi connectivity index (χ3v) is 4.96. The minimum Gasteiger partial charge on any atom is -0.338 e. The van der Waals surface area contributed by atoms with Crippen LogP contribution in [0, 0.1) is 0 Å². The van der Waals surface area contributed by atoms with Crippen LogP contribution >= 0.6 is 0 Å². The highest BCUT2D eigenvalue weighted by atomic mass is 16.5. The Morgan fingerprint density at radius 3 is 2.81 bits per heavy atom. The van der Waals surface area contributed by atoms with Crippen molar-refractivity contribution >= 4 is 0 Å². The Labute approximate surface area is 153 Å². The summed E-state index contributed by atoms with van der Waals surface area (Å²) in [4.78, 5) is 11.6. The first-order chi connectivity index (χ1) is 12.7. The van der Waals surface area contributed by atoms with Gasteiger partial charge in [-0.25, -0.2) is 4.98 Å². The van der Waals surface area contributed by atoms with Crippen LogP contribution in [0.1, 0.15) is 61.8 Å². The molecular formula is C20H25N5O. The number of hydrogen-bond acceptors (Lipinski definition) is 5. The summed E-state index contributed by atoms with van der Waals surface area (Å²) in [6.07, 6.45) is 6.13. The molecule has 136 valence electrons. The fourth-order valence-corrected chi connectivity index (χ4v) is 3.51. The van der Waals surface area contributed by atoms with Gasteiger partial charge in [-0.3, -0.25) is 4.90 Å². The second-order valence-corrected chi connectivity index (χ2v) is 7.23. The predicted octanol–water partition coefficient (Wildman–Crippen LogP) is 3.77. The van der Waals surface area contributed by atoms with E-state index in [0.29, 0.717) is 0 Å². The van der Waals surface area contributed by atoms with Gasteiger partial charge in [0.1, 0.15) is 5.82 Å². The molecule has 1 atom stereocenters. The standard InChI is InChI=1S/C20H25N5O/c1-15(2)19-22-20(26-23-19)17-9-6-11-24(17)14-18-21-10-12-25(18)13-16-7-4-3-5-8-16/h3-5,7-8,10,12,15,17H,6,9,11,13-14H2,1-2H3/t17-/m0/s1. The fourth-order valence-electron chi connectivity index (χ4n) is 3.51. The molecule has 2 aromatic heterocycles. The van der Waals surface area contributed by atoms with Gasteiger partial charge in [-0.2, -0.15) is 4.98 Å². The Bertz CT molecular complexity index is 839. The number of nitrogens with zero attached hydrogens (tertiary/aromatic N) is 5. The molecular weight excluding hydrogens is 326 g/mol. The molecule has 3 heterocycles. The zero-order valence-electron chi connectivity index (χ0n) is 15.4. The largest absolute Gasteiger partial charge is 0.338 e. The van der Waals surface area contributed by atoms with E-state index in [1.165, 1.54) is 5.56 Å². The van der Waals surface area contributed by atoms with Gasteiger partial charge in [0.25, 0.3) is 0 Å². The average Bonchev–Trinajstić information content (AvgIpc) is 3.37. The van der Waals surface area contributed by atoms with Gasteiger partial charge >= 0.3 is 0 Å². The van der Waals surface area contributed by atoms with E-state index in [1.807, 2.05) is 12.3 Å². The number of likely N-dealkylation sites (tertiary alicyclic amines) is 1. The summed E-state index contributed by atoms with van der Waals surface area (Å²) in [6.45, 7) is 6.84. The average molecular weight is 351 g/mol. The quantitative estimate of drug-likeness (QED) is 0.676. The molecule has 1 saturated heterocycles. The van der Waals surface area contributed by atoms with Crippen LogP contribution in [0.4, 0.5) is 0 Å². The molecule has 1 aliphatic rings. The molecule has 3 aromatic rings. The number of imidazole rings is 1. The van der Waals surface area contributed by atoms with Crippen molar-refractivity contribution in [2.24, 2.45) is 0 Å². The Morgan fingerprint density at radius 2 is 2.04 bits per heavy atom. The van der Waals surface area contributed by atoms with E-state index in [-0.39, 0.29) is 12.0 Å². The van der Waals surface area contributed by atoms with Crippen molar-refractivity contribution < 1.29 is 4.52 Å². The van der Waals surface area contributed by atoms with Gasteiger partial charge in [0.15, 0.2) is 5.82 Å². The van der Waals surface area contributed by atoms with E-state index in [1.54, 1.807) is 0 Å². The van der Waals surface area contributed by atoms with Crippen LogP contribution in [0.3, 0.4) is 0 Å². The maximum absolute atomic E-state index is 5.56. The maximum Gasteiger partial charge on any atom is 0.244 e. The van der Waals surface area contributed by atoms with E-state index >= 15 is 0 Å². The first kappa shape index (κ1) is 17.0. The number of hydrogen-bond donors (Lipinski definition) is 0. The molecule has 0 bridgehead atoms. The van der Waals surface area contributed by atoms with Crippen LogP contribution < -0.4 is 0 Å². The SMILES string of the molecule is CC(C)c1noc([C@@H]2CCCN2Cc2nccn2Cc2ccccc2)n1. The van der Waals surface area contributed by atoms with Crippen molar-refractivity contribution in [1.82, 2.24) is 24.6 Å². The number of aromatic nitrogens is 4. The summed E-state index contributed by atoms with van der Waals surface area (Å²) >= 11 is 0. The third kappa shape index (κ3) is 3.55. The lowest BCUT2D eigenvalue weighted by Crippen LogP contribution is -2.25. The zero-order valence-corrected chi connectivity index (χ0v) is 15.4. The lowest BCUT2D eigenvalue weighted by molar-refractivity contribution is 0.195. The fraction of sp³-hybridized carbons (Fsp3) is 0.450. The Kier molecular flexibility index (Phi) is 4.84. The van der Waals surface area contributed by atoms with Crippen molar-refractivity contribution in [3.63, 3.8) is 0 Å². The Balaban J connectivity index is 1.49. The molecule has 26 heavy (non-hydrogen) atoms. The van der Waals surface area contributed by atoms with Crippen LogP contribution in [0.25, 0.3) is 0 Å². The van der Waals surface area contributed by atoms with Crippen LogP contribution in [0.2, 0.25) is 0 Å². The molecule has 1 aliphatic heterocycles. The molecule has 6 heteroatoms. The van der Waals surface area contributed by atoms with Crippen molar-refractivity contribution in [2.75, 3.05) is 6.54 Å². The van der Waals surface area contributed by atoms with Crippen LogP contribution in [-0.4, -0.2) is 31.1 Å². The minimum absolute atomic E-state index is 0.192. The highest BCUT2D eigenvalue weighted by Gasteiger charge is 2.31. The summed E-state index contributed by atoms with van der Waals surface area (Å²) in [5.41, 5.74) is 1.28. The van der Waals surface area contributed by atoms with Gasteiger partial charge in [-0.15, -0.1) is 0 Å². The highest BCUT2D eigenvalue weighted by molar-refractivity contribution is 5.16. The lowest BCUT2D eigenvalue weighted by Gasteiger charge is -2.21. The minimum atomic E-state index is 0.192. The maximum atomic E-state index is 5.56. The molecule has 0 amide bonds. The topological polar surface area (TPSA) is 60.0 Å². The molecule has 4 rings (SSSR count). The van der Waals surface area contributed by atoms with E-state index in [2.05, 4.69) is 68.9 Å². The van der Waals surface area contributed by atoms with Gasteiger partial charge < -0.3 is 9.09 Å². The molecule has 0 spiro atoms. The molecule has 0 saturated carbocycles. The smallest absolute Gasteiger partial charge is 0.244 e. The van der Waals surface area contributed by atoms with E-state index in [9.17, 15) is 0 Å². The molecule has 0 aliphatic carbocycles. The van der Waals surface area contributed by atoms with Gasteiger partial charge in [0, 0.05) is 24.9 Å². The summed E-state index contributed by atoms with van der Waals surface area (Å²) < 4.78 is 7.78. The summed E-state index contributed by atoms with van der Waals surface area (Å²) in [7, 11) is 0. The molecule has 1 aromatic carbocycles. The van der Waals surface area contributed by atoms with Gasteiger partial charge in [0.2, 0.25) is 5.89 Å². The van der Waals surface area contributed by atoms with Gasteiger partial charge in [0.05, 0.1) is 12.6 Å². The van der Waals surface area contributed by atoms with Crippen LogP contribution in [-0.2, 0) is 13.1 Å². The number of benzene rings is 1. The summed E-state index contributed by atoms with van der Waals surface area (Å²) in [6, 6.07) is 10.7.